The van der Waals surface area contributed by atoms with Gasteiger partial charge in [-0.2, -0.15) is 0 Å². The van der Waals surface area contributed by atoms with Gasteiger partial charge < -0.3 is 19.7 Å². The summed E-state index contributed by atoms with van der Waals surface area (Å²) in [4.78, 5) is 15.8. The monoisotopic (exact) mass is 495 g/mol. The molecule has 36 heavy (non-hydrogen) atoms. The third-order valence-electron chi connectivity index (χ3n) is 6.12. The second-order valence-electron chi connectivity index (χ2n) is 9.46. The zero-order valence-corrected chi connectivity index (χ0v) is 23.6. The number of rotatable bonds is 12. The van der Waals surface area contributed by atoms with Gasteiger partial charge in [0.05, 0.1) is 18.2 Å². The van der Waals surface area contributed by atoms with E-state index in [0.29, 0.717) is 30.9 Å². The van der Waals surface area contributed by atoms with Crippen LogP contribution in [0.3, 0.4) is 0 Å². The van der Waals surface area contributed by atoms with Gasteiger partial charge in [0.25, 0.3) is 0 Å². The predicted octanol–water partition coefficient (Wildman–Crippen LogP) is 2.01. The maximum Gasteiger partial charge on any atom is 1.00 e. The Kier molecular flexibility index (Phi) is 12.5. The van der Waals surface area contributed by atoms with Gasteiger partial charge in [0.1, 0.15) is 0 Å². The van der Waals surface area contributed by atoms with Gasteiger partial charge in [0.2, 0.25) is 5.88 Å². The van der Waals surface area contributed by atoms with Crippen LogP contribution in [0.5, 0.6) is 5.88 Å². The number of hydrogen-bond acceptors (Lipinski definition) is 5. The summed E-state index contributed by atoms with van der Waals surface area (Å²) in [6.45, 7) is 3.79. The van der Waals surface area contributed by atoms with Crippen LogP contribution in [0.1, 0.15) is 69.6 Å². The Hall–Kier alpha value is -2.36. The molecule has 5 nitrogen and oxygen atoms in total. The minimum Gasteiger partial charge on any atom is -0.550 e. The number of carbonyl (C=O) groups is 1. The number of benzene rings is 2. The van der Waals surface area contributed by atoms with Gasteiger partial charge in [-0.1, -0.05) is 62.4 Å². The van der Waals surface area contributed by atoms with Crippen molar-refractivity contribution in [1.82, 2.24) is 4.98 Å². The van der Waals surface area contributed by atoms with Crippen LogP contribution in [0.15, 0.2) is 60.7 Å². The van der Waals surface area contributed by atoms with E-state index >= 15 is 0 Å². The normalized spacial score (nSPS) is 11.8. The van der Waals surface area contributed by atoms with Crippen LogP contribution in [-0.4, -0.2) is 22.7 Å². The summed E-state index contributed by atoms with van der Waals surface area (Å²) in [7, 11) is 0. The van der Waals surface area contributed by atoms with Crippen molar-refractivity contribution in [1.29, 1.82) is 0 Å². The average Bonchev–Trinajstić information content (AvgIpc) is 2.85. The van der Waals surface area contributed by atoms with Crippen molar-refractivity contribution in [2.45, 2.75) is 64.9 Å². The van der Waals surface area contributed by atoms with Gasteiger partial charge >= 0.3 is 29.6 Å². The van der Waals surface area contributed by atoms with E-state index < -0.39 is 17.5 Å². The third-order valence-corrected chi connectivity index (χ3v) is 6.12. The third kappa shape index (κ3) is 9.26. The molecule has 0 aliphatic heterocycles. The van der Waals surface area contributed by atoms with E-state index in [1.807, 2.05) is 36.4 Å². The molecule has 2 aromatic carbocycles. The fraction of sp³-hybridized carbons (Fsp3) is 0.400. The van der Waals surface area contributed by atoms with Gasteiger partial charge in [0.15, 0.2) is 0 Å². The number of fused-ring (bicyclic) bond motifs is 1. The van der Waals surface area contributed by atoms with Crippen LogP contribution in [0.25, 0.3) is 10.9 Å². The van der Waals surface area contributed by atoms with Gasteiger partial charge in [-0.05, 0) is 49.8 Å². The van der Waals surface area contributed by atoms with Crippen molar-refractivity contribution >= 4 is 16.9 Å². The summed E-state index contributed by atoms with van der Waals surface area (Å²) in [5.74, 6) is 5.31. The van der Waals surface area contributed by atoms with E-state index in [9.17, 15) is 15.0 Å². The number of ether oxygens (including phenoxy) is 1. The largest absolute Gasteiger partial charge is 1.00 e. The van der Waals surface area contributed by atoms with Crippen LogP contribution in [-0.2, 0) is 11.2 Å². The molecule has 6 heteroatoms. The first-order chi connectivity index (χ1) is 16.9. The molecule has 0 aliphatic carbocycles. The van der Waals surface area contributed by atoms with Gasteiger partial charge in [-0.3, -0.25) is 0 Å². The Bertz CT molecular complexity index is 1170. The Morgan fingerprint density at radius 1 is 1.06 bits per heavy atom. The number of carboxylic acids is 1. The number of aryl methyl sites for hydroxylation is 1. The molecule has 184 valence electrons. The van der Waals surface area contributed by atoms with Crippen LogP contribution in [0.2, 0.25) is 0 Å². The molecule has 0 radical (unpaired) electrons. The summed E-state index contributed by atoms with van der Waals surface area (Å²) in [6, 6.07) is 20.1. The van der Waals surface area contributed by atoms with E-state index in [4.69, 9.17) is 4.74 Å². The van der Waals surface area contributed by atoms with E-state index in [-0.39, 0.29) is 36.0 Å². The minimum absolute atomic E-state index is 0. The number of unbranched alkanes of at least 4 members (excludes halogenated alkanes) is 2. The van der Waals surface area contributed by atoms with Crippen LogP contribution >= 0.6 is 0 Å². The van der Waals surface area contributed by atoms with Gasteiger partial charge in [-0.15, -0.1) is 11.8 Å². The quantitative estimate of drug-likeness (QED) is 0.236. The smallest absolute Gasteiger partial charge is 0.550 e. The number of aliphatic carboxylic acids is 1. The van der Waals surface area contributed by atoms with E-state index in [2.05, 4.69) is 41.1 Å². The number of nitrogens with zero attached hydrogens (tertiary/aromatic N) is 1. The molecule has 0 saturated carbocycles. The van der Waals surface area contributed by atoms with E-state index in [1.165, 1.54) is 5.56 Å². The molecule has 1 unspecified atom stereocenters. The Labute approximate surface area is 236 Å². The molecular formula is C30H34NNaO4. The molecule has 0 aliphatic rings. The first-order valence-corrected chi connectivity index (χ1v) is 12.3. The number of aromatic nitrogens is 1. The topological polar surface area (TPSA) is 82.5 Å². The molecule has 3 aromatic rings. The Balaban J connectivity index is 0.00000456. The number of aliphatic hydroxyl groups excluding tert-OH is 1. The molecule has 1 atom stereocenters. The summed E-state index contributed by atoms with van der Waals surface area (Å²) in [5.41, 5.74) is 1.87. The SMILES string of the molecule is CC(C)(CCC#CCC(O)c1cc2ccccc2nc1OCCCCCc1ccccc1)C(=O)[O-].[Na+]. The van der Waals surface area contributed by atoms with Crippen molar-refractivity contribution in [3.63, 3.8) is 0 Å². The molecule has 1 heterocycles. The van der Waals surface area contributed by atoms with Crippen molar-refractivity contribution < 1.29 is 49.3 Å². The minimum atomic E-state index is -1.08. The summed E-state index contributed by atoms with van der Waals surface area (Å²) >= 11 is 0. The molecule has 1 N–H and O–H groups in total. The van der Waals surface area contributed by atoms with Crippen molar-refractivity contribution in [2.75, 3.05) is 6.61 Å². The molecule has 0 bridgehead atoms. The number of carboxylic acid groups (broad SMARTS) is 1. The first kappa shape index (κ1) is 29.9. The van der Waals surface area contributed by atoms with Gasteiger partial charge in [-0.25, -0.2) is 4.98 Å². The Morgan fingerprint density at radius 3 is 2.53 bits per heavy atom. The van der Waals surface area contributed by atoms with Crippen molar-refractivity contribution in [2.24, 2.45) is 5.41 Å². The van der Waals surface area contributed by atoms with Crippen LogP contribution in [0, 0.1) is 17.3 Å². The molecule has 0 amide bonds. The zero-order chi connectivity index (χ0) is 25.1. The number of aliphatic hydroxyl groups is 1. The maximum atomic E-state index is 11.1. The molecule has 0 fully saturated rings. The molecule has 1 aromatic heterocycles. The molecule has 0 saturated heterocycles. The maximum absolute atomic E-state index is 11.1. The second-order valence-corrected chi connectivity index (χ2v) is 9.46. The zero-order valence-electron chi connectivity index (χ0n) is 21.6. The van der Waals surface area contributed by atoms with E-state index in [1.54, 1.807) is 13.8 Å². The van der Waals surface area contributed by atoms with Crippen LogP contribution in [0.4, 0.5) is 0 Å². The summed E-state index contributed by atoms with van der Waals surface area (Å²) < 4.78 is 6.03. The molecule has 0 spiro atoms. The predicted molar refractivity (Wildman–Crippen MR) is 137 cm³/mol. The molecule has 3 rings (SSSR count). The fourth-order valence-electron chi connectivity index (χ4n) is 3.73. The average molecular weight is 496 g/mol. The van der Waals surface area contributed by atoms with Crippen LogP contribution < -0.4 is 39.4 Å². The number of hydrogen-bond donors (Lipinski definition) is 1. The second kappa shape index (κ2) is 15.0. The summed E-state index contributed by atoms with van der Waals surface area (Å²) in [5, 5.41) is 22.9. The standard InChI is InChI=1S/C30H35NO4.Na/c1-30(2,29(33)34)20-12-4-9-19-27(32)25-22-24-17-10-11-18-26(24)31-28(25)35-21-13-5-8-16-23-14-6-3-7-15-23;/h3,6-7,10-11,14-15,17-18,22,27,32H,5,8,12-13,16,19-21H2,1-2H3,(H,33,34);/q;+1/p-1. The molecular weight excluding hydrogens is 461 g/mol. The van der Waals surface area contributed by atoms with Gasteiger partial charge in [0, 0.05) is 35.2 Å². The first-order valence-electron chi connectivity index (χ1n) is 12.3. The fourth-order valence-corrected chi connectivity index (χ4v) is 3.73. The Morgan fingerprint density at radius 2 is 1.78 bits per heavy atom. The number of pyridine rings is 1. The van der Waals surface area contributed by atoms with Crippen molar-refractivity contribution in [3.05, 3.63) is 71.8 Å². The van der Waals surface area contributed by atoms with Crippen molar-refractivity contribution in [3.8, 4) is 17.7 Å². The number of carbonyl (C=O) groups excluding carboxylic acids is 1. The summed E-state index contributed by atoms with van der Waals surface area (Å²) in [6.07, 6.45) is 4.31. The number of para-hydroxylation sites is 1. The van der Waals surface area contributed by atoms with E-state index in [0.717, 1.165) is 36.6 Å².